The SMILES string of the molecule is O=CCCC(CCC=O)CCC=O. The molecule has 0 saturated heterocycles. The van der Waals surface area contributed by atoms with Crippen LogP contribution in [0.4, 0.5) is 0 Å². The predicted molar refractivity (Wildman–Crippen MR) is 49.4 cm³/mol. The molecule has 0 aliphatic carbocycles. The summed E-state index contributed by atoms with van der Waals surface area (Å²) < 4.78 is 0. The molecular weight excluding hydrogens is 168 g/mol. The minimum Gasteiger partial charge on any atom is -0.303 e. The Labute approximate surface area is 78.5 Å². The summed E-state index contributed by atoms with van der Waals surface area (Å²) in [6.07, 6.45) is 6.63. The van der Waals surface area contributed by atoms with Crippen molar-refractivity contribution in [3.05, 3.63) is 0 Å². The lowest BCUT2D eigenvalue weighted by atomic mass is 9.93. The molecule has 3 heteroatoms. The normalized spacial score (nSPS) is 9.92. The topological polar surface area (TPSA) is 51.2 Å². The molecule has 0 aromatic rings. The van der Waals surface area contributed by atoms with Gasteiger partial charge in [-0.15, -0.1) is 0 Å². The van der Waals surface area contributed by atoms with Crippen LogP contribution in [0.15, 0.2) is 0 Å². The van der Waals surface area contributed by atoms with E-state index in [4.69, 9.17) is 0 Å². The number of carbonyl (C=O) groups excluding carboxylic acids is 3. The Kier molecular flexibility index (Phi) is 8.41. The van der Waals surface area contributed by atoms with Crippen LogP contribution in [0, 0.1) is 5.92 Å². The molecule has 0 aromatic heterocycles. The zero-order chi connectivity index (χ0) is 9.94. The van der Waals surface area contributed by atoms with Gasteiger partial charge in [-0.2, -0.15) is 0 Å². The Morgan fingerprint density at radius 1 is 0.692 bits per heavy atom. The van der Waals surface area contributed by atoms with Gasteiger partial charge in [0, 0.05) is 19.3 Å². The fourth-order valence-electron chi connectivity index (χ4n) is 1.34. The third kappa shape index (κ3) is 7.37. The quantitative estimate of drug-likeness (QED) is 0.511. The van der Waals surface area contributed by atoms with Crippen LogP contribution in [0.1, 0.15) is 38.5 Å². The number of aldehydes is 3. The zero-order valence-electron chi connectivity index (χ0n) is 7.78. The third-order valence-electron chi connectivity index (χ3n) is 2.08. The summed E-state index contributed by atoms with van der Waals surface area (Å²) in [6.45, 7) is 0. The van der Waals surface area contributed by atoms with Gasteiger partial charge in [0.2, 0.25) is 0 Å². The highest BCUT2D eigenvalue weighted by atomic mass is 16.1. The highest BCUT2D eigenvalue weighted by Crippen LogP contribution is 2.17. The van der Waals surface area contributed by atoms with Crippen LogP contribution in [0.3, 0.4) is 0 Å². The smallest absolute Gasteiger partial charge is 0.120 e. The maximum absolute atomic E-state index is 10.1. The van der Waals surface area contributed by atoms with Crippen LogP contribution in [0.25, 0.3) is 0 Å². The van der Waals surface area contributed by atoms with Gasteiger partial charge in [0.25, 0.3) is 0 Å². The van der Waals surface area contributed by atoms with E-state index in [1.54, 1.807) is 0 Å². The monoisotopic (exact) mass is 184 g/mol. The molecule has 0 aliphatic rings. The molecule has 3 nitrogen and oxygen atoms in total. The van der Waals surface area contributed by atoms with E-state index < -0.39 is 0 Å². The summed E-state index contributed by atoms with van der Waals surface area (Å²) in [7, 11) is 0. The first-order valence-electron chi connectivity index (χ1n) is 4.66. The van der Waals surface area contributed by atoms with Gasteiger partial charge in [-0.05, 0) is 25.2 Å². The van der Waals surface area contributed by atoms with Gasteiger partial charge < -0.3 is 14.4 Å². The van der Waals surface area contributed by atoms with Crippen LogP contribution in [0.2, 0.25) is 0 Å². The first-order valence-corrected chi connectivity index (χ1v) is 4.66. The molecule has 0 amide bonds. The Bertz CT molecular complexity index is 126. The lowest BCUT2D eigenvalue weighted by Gasteiger charge is -2.11. The molecule has 74 valence electrons. The van der Waals surface area contributed by atoms with E-state index in [1.165, 1.54) is 0 Å². The van der Waals surface area contributed by atoms with E-state index >= 15 is 0 Å². The molecule has 0 N–H and O–H groups in total. The molecule has 0 aliphatic heterocycles. The molecule has 0 rings (SSSR count). The van der Waals surface area contributed by atoms with E-state index in [-0.39, 0.29) is 0 Å². The molecule has 0 bridgehead atoms. The molecule has 0 aromatic carbocycles. The largest absolute Gasteiger partial charge is 0.303 e. The van der Waals surface area contributed by atoms with E-state index in [2.05, 4.69) is 0 Å². The van der Waals surface area contributed by atoms with E-state index in [1.807, 2.05) is 0 Å². The molecule has 0 heterocycles. The van der Waals surface area contributed by atoms with Crippen LogP contribution >= 0.6 is 0 Å². The van der Waals surface area contributed by atoms with E-state index in [9.17, 15) is 14.4 Å². The second-order valence-corrected chi connectivity index (χ2v) is 3.10. The van der Waals surface area contributed by atoms with Crippen molar-refractivity contribution in [2.45, 2.75) is 38.5 Å². The van der Waals surface area contributed by atoms with Crippen LogP contribution in [-0.4, -0.2) is 18.9 Å². The van der Waals surface area contributed by atoms with Crippen molar-refractivity contribution in [1.82, 2.24) is 0 Å². The molecule has 0 atom stereocenters. The lowest BCUT2D eigenvalue weighted by molar-refractivity contribution is -0.108. The first-order chi connectivity index (χ1) is 6.35. The summed E-state index contributed by atoms with van der Waals surface area (Å²) in [6, 6.07) is 0. The molecule has 0 fully saturated rings. The standard InChI is InChI=1S/C10H16O3/c11-7-1-4-10(5-2-8-12)6-3-9-13/h7-10H,1-6H2. The second kappa shape index (κ2) is 9.10. The fraction of sp³-hybridized carbons (Fsp3) is 0.700. The molecular formula is C10H16O3. The molecule has 0 spiro atoms. The second-order valence-electron chi connectivity index (χ2n) is 3.10. The highest BCUT2D eigenvalue weighted by molar-refractivity contribution is 5.50. The molecule has 0 unspecified atom stereocenters. The summed E-state index contributed by atoms with van der Waals surface area (Å²) >= 11 is 0. The van der Waals surface area contributed by atoms with Crippen molar-refractivity contribution >= 4 is 18.9 Å². The van der Waals surface area contributed by atoms with Crippen molar-refractivity contribution < 1.29 is 14.4 Å². The Morgan fingerprint density at radius 3 is 1.23 bits per heavy atom. The van der Waals surface area contributed by atoms with Gasteiger partial charge in [-0.1, -0.05) is 0 Å². The van der Waals surface area contributed by atoms with E-state index in [0.717, 1.165) is 38.1 Å². The van der Waals surface area contributed by atoms with Crippen LogP contribution < -0.4 is 0 Å². The van der Waals surface area contributed by atoms with Crippen molar-refractivity contribution in [1.29, 1.82) is 0 Å². The molecule has 0 radical (unpaired) electrons. The maximum atomic E-state index is 10.1. The number of hydrogen-bond donors (Lipinski definition) is 0. The minimum atomic E-state index is 0.348. The third-order valence-corrected chi connectivity index (χ3v) is 2.08. The van der Waals surface area contributed by atoms with Gasteiger partial charge >= 0.3 is 0 Å². The Hall–Kier alpha value is -0.990. The average molecular weight is 184 g/mol. The molecule has 0 saturated carbocycles. The van der Waals surface area contributed by atoms with Gasteiger partial charge in [0.05, 0.1) is 0 Å². The summed E-state index contributed by atoms with van der Waals surface area (Å²) in [5.74, 6) is 0.348. The van der Waals surface area contributed by atoms with Crippen molar-refractivity contribution in [3.8, 4) is 0 Å². The first kappa shape index (κ1) is 12.0. The van der Waals surface area contributed by atoms with Crippen LogP contribution in [-0.2, 0) is 14.4 Å². The molecule has 13 heavy (non-hydrogen) atoms. The van der Waals surface area contributed by atoms with Gasteiger partial charge in [0.1, 0.15) is 18.9 Å². The van der Waals surface area contributed by atoms with Gasteiger partial charge in [-0.3, -0.25) is 0 Å². The average Bonchev–Trinajstić information content (AvgIpc) is 2.17. The number of carbonyl (C=O) groups is 3. The predicted octanol–water partition coefficient (Wildman–Crippen LogP) is 1.54. The lowest BCUT2D eigenvalue weighted by Crippen LogP contribution is -2.02. The number of hydrogen-bond acceptors (Lipinski definition) is 3. The zero-order valence-corrected chi connectivity index (χ0v) is 7.78. The highest BCUT2D eigenvalue weighted by Gasteiger charge is 2.07. The van der Waals surface area contributed by atoms with Crippen molar-refractivity contribution in [2.75, 3.05) is 0 Å². The Balaban J connectivity index is 3.64. The van der Waals surface area contributed by atoms with E-state index in [0.29, 0.717) is 25.2 Å². The fourth-order valence-corrected chi connectivity index (χ4v) is 1.34. The minimum absolute atomic E-state index is 0.348. The Morgan fingerprint density at radius 2 is 1.00 bits per heavy atom. The summed E-state index contributed by atoms with van der Waals surface area (Å²) in [5.41, 5.74) is 0. The van der Waals surface area contributed by atoms with Crippen LogP contribution in [0.5, 0.6) is 0 Å². The van der Waals surface area contributed by atoms with Crippen molar-refractivity contribution in [3.63, 3.8) is 0 Å². The van der Waals surface area contributed by atoms with Gasteiger partial charge in [0.15, 0.2) is 0 Å². The summed E-state index contributed by atoms with van der Waals surface area (Å²) in [5, 5.41) is 0. The maximum Gasteiger partial charge on any atom is 0.120 e. The van der Waals surface area contributed by atoms with Gasteiger partial charge in [-0.25, -0.2) is 0 Å². The number of rotatable bonds is 9. The van der Waals surface area contributed by atoms with Crippen molar-refractivity contribution in [2.24, 2.45) is 5.92 Å². The summed E-state index contributed by atoms with van der Waals surface area (Å²) in [4.78, 5) is 30.4.